The van der Waals surface area contributed by atoms with Gasteiger partial charge in [-0.15, -0.1) is 24.0 Å². The maximum Gasteiger partial charge on any atom is 0.191 e. The first kappa shape index (κ1) is 22.0. The lowest BCUT2D eigenvalue weighted by molar-refractivity contribution is 0.134. The molecular formula is C18H29FIN3O2. The smallest absolute Gasteiger partial charge is 0.191 e. The first-order valence-corrected chi connectivity index (χ1v) is 8.71. The van der Waals surface area contributed by atoms with Crippen LogP contribution in [-0.2, 0) is 0 Å². The zero-order valence-corrected chi connectivity index (χ0v) is 17.2. The van der Waals surface area contributed by atoms with Gasteiger partial charge in [-0.1, -0.05) is 18.6 Å². The third-order valence-corrected chi connectivity index (χ3v) is 4.17. The molecule has 1 aliphatic rings. The summed E-state index contributed by atoms with van der Waals surface area (Å²) in [5.41, 5.74) is 0. The molecule has 3 N–H and O–H groups in total. The van der Waals surface area contributed by atoms with Gasteiger partial charge in [-0.3, -0.25) is 0 Å². The van der Waals surface area contributed by atoms with Crippen LogP contribution in [0.5, 0.6) is 5.75 Å². The molecule has 0 aliphatic heterocycles. The Morgan fingerprint density at radius 2 is 2.12 bits per heavy atom. The summed E-state index contributed by atoms with van der Waals surface area (Å²) in [4.78, 5) is 4.49. The van der Waals surface area contributed by atoms with Crippen LogP contribution in [0.4, 0.5) is 4.39 Å². The topological polar surface area (TPSA) is 65.9 Å². The quantitative estimate of drug-likeness (QED) is 0.329. The third-order valence-electron chi connectivity index (χ3n) is 4.17. The highest BCUT2D eigenvalue weighted by atomic mass is 127. The molecule has 142 valence electrons. The van der Waals surface area contributed by atoms with Gasteiger partial charge in [-0.05, 0) is 38.8 Å². The number of hydrogen-bond acceptors (Lipinski definition) is 3. The minimum atomic E-state index is -0.367. The van der Waals surface area contributed by atoms with E-state index in [1.807, 2.05) is 13.8 Å². The average Bonchev–Trinajstić information content (AvgIpc) is 2.97. The molecule has 1 aromatic rings. The summed E-state index contributed by atoms with van der Waals surface area (Å²) in [5, 5.41) is 16.3. The lowest BCUT2D eigenvalue weighted by Crippen LogP contribution is -2.41. The summed E-state index contributed by atoms with van der Waals surface area (Å²) >= 11 is 0. The zero-order valence-electron chi connectivity index (χ0n) is 14.9. The van der Waals surface area contributed by atoms with Crippen molar-refractivity contribution < 1.29 is 14.2 Å². The Kier molecular flexibility index (Phi) is 10.1. The molecule has 0 bridgehead atoms. The van der Waals surface area contributed by atoms with Crippen molar-refractivity contribution >= 4 is 29.9 Å². The van der Waals surface area contributed by atoms with Crippen molar-refractivity contribution in [2.24, 2.45) is 10.9 Å². The number of aliphatic hydroxyl groups excluding tert-OH is 1. The highest BCUT2D eigenvalue weighted by Crippen LogP contribution is 2.24. The molecule has 1 aliphatic carbocycles. The number of benzene rings is 1. The number of nitrogens with zero attached hydrogens (tertiary/aromatic N) is 1. The largest absolute Gasteiger partial charge is 0.486 e. The summed E-state index contributed by atoms with van der Waals surface area (Å²) in [5.74, 6) is 0.849. The molecule has 0 heterocycles. The monoisotopic (exact) mass is 465 g/mol. The van der Waals surface area contributed by atoms with Gasteiger partial charge in [0.05, 0.1) is 12.6 Å². The van der Waals surface area contributed by atoms with Crippen molar-refractivity contribution in [3.63, 3.8) is 0 Å². The van der Waals surface area contributed by atoms with Crippen molar-refractivity contribution in [3.05, 3.63) is 30.1 Å². The maximum atomic E-state index is 13.6. The van der Waals surface area contributed by atoms with Crippen LogP contribution in [0.15, 0.2) is 29.3 Å². The molecular weight excluding hydrogens is 436 g/mol. The Morgan fingerprint density at radius 1 is 1.36 bits per heavy atom. The molecule has 3 unspecified atom stereocenters. The lowest BCUT2D eigenvalue weighted by Gasteiger charge is -2.18. The fraction of sp³-hybridized carbons (Fsp3) is 0.611. The summed E-state index contributed by atoms with van der Waals surface area (Å²) < 4.78 is 19.2. The van der Waals surface area contributed by atoms with Crippen LogP contribution in [0.1, 0.15) is 33.1 Å². The standard InChI is InChI=1S/C18H28FN3O2.HI/c1-3-20-18(22-12-14-7-6-9-16(14)23)21-11-13(2)24-17-10-5-4-8-15(17)19;/h4-5,8,10,13-14,16,23H,3,6-7,9,11-12H2,1-2H3,(H2,20,21,22);1H. The van der Waals surface area contributed by atoms with Gasteiger partial charge in [0.15, 0.2) is 17.5 Å². The summed E-state index contributed by atoms with van der Waals surface area (Å²) in [6.45, 7) is 5.73. The van der Waals surface area contributed by atoms with Gasteiger partial charge in [0.1, 0.15) is 6.10 Å². The summed E-state index contributed by atoms with van der Waals surface area (Å²) in [6, 6.07) is 6.37. The second-order valence-corrected chi connectivity index (χ2v) is 6.22. The third kappa shape index (κ3) is 7.35. The number of rotatable bonds is 7. The second-order valence-electron chi connectivity index (χ2n) is 6.22. The number of aliphatic imine (C=N–C) groups is 1. The van der Waals surface area contributed by atoms with Crippen LogP contribution in [0.2, 0.25) is 0 Å². The van der Waals surface area contributed by atoms with Gasteiger partial charge in [0, 0.05) is 19.0 Å². The van der Waals surface area contributed by atoms with Crippen molar-refractivity contribution in [2.75, 3.05) is 19.6 Å². The van der Waals surface area contributed by atoms with Crippen molar-refractivity contribution in [1.29, 1.82) is 0 Å². The number of nitrogens with one attached hydrogen (secondary N) is 2. The predicted octanol–water partition coefficient (Wildman–Crippen LogP) is 2.93. The summed E-state index contributed by atoms with van der Waals surface area (Å²) in [6.07, 6.45) is 2.54. The molecule has 3 atom stereocenters. The molecule has 0 amide bonds. The van der Waals surface area contributed by atoms with Gasteiger partial charge < -0.3 is 20.5 Å². The van der Waals surface area contributed by atoms with Crippen LogP contribution in [0.3, 0.4) is 0 Å². The van der Waals surface area contributed by atoms with E-state index in [1.165, 1.54) is 6.07 Å². The summed E-state index contributed by atoms with van der Waals surface area (Å²) in [7, 11) is 0. The van der Waals surface area contributed by atoms with E-state index in [2.05, 4.69) is 15.6 Å². The van der Waals surface area contributed by atoms with Gasteiger partial charge in [0.25, 0.3) is 0 Å². The van der Waals surface area contributed by atoms with Crippen LogP contribution >= 0.6 is 24.0 Å². The molecule has 5 nitrogen and oxygen atoms in total. The van der Waals surface area contributed by atoms with Crippen LogP contribution in [0.25, 0.3) is 0 Å². The number of ether oxygens (including phenoxy) is 1. The average molecular weight is 465 g/mol. The molecule has 1 fully saturated rings. The molecule has 25 heavy (non-hydrogen) atoms. The van der Waals surface area contributed by atoms with E-state index < -0.39 is 0 Å². The van der Waals surface area contributed by atoms with Gasteiger partial charge >= 0.3 is 0 Å². The van der Waals surface area contributed by atoms with E-state index in [4.69, 9.17) is 4.74 Å². The Balaban J connectivity index is 0.00000312. The molecule has 1 aromatic carbocycles. The predicted molar refractivity (Wildman–Crippen MR) is 109 cm³/mol. The van der Waals surface area contributed by atoms with Crippen molar-refractivity contribution in [2.45, 2.75) is 45.3 Å². The van der Waals surface area contributed by atoms with Gasteiger partial charge in [-0.2, -0.15) is 0 Å². The van der Waals surface area contributed by atoms with E-state index >= 15 is 0 Å². The van der Waals surface area contributed by atoms with E-state index in [0.29, 0.717) is 19.0 Å². The number of para-hydroxylation sites is 1. The zero-order chi connectivity index (χ0) is 17.4. The second kappa shape index (κ2) is 11.5. The highest BCUT2D eigenvalue weighted by molar-refractivity contribution is 14.0. The van der Waals surface area contributed by atoms with E-state index in [0.717, 1.165) is 25.8 Å². The van der Waals surface area contributed by atoms with Gasteiger partial charge in [-0.25, -0.2) is 9.38 Å². The minimum absolute atomic E-state index is 0. The first-order chi connectivity index (χ1) is 11.6. The van der Waals surface area contributed by atoms with E-state index in [-0.39, 0.29) is 53.7 Å². The number of aliphatic hydroxyl groups is 1. The van der Waals surface area contributed by atoms with Crippen LogP contribution in [-0.4, -0.2) is 42.9 Å². The number of guanidine groups is 1. The molecule has 0 aromatic heterocycles. The Bertz CT molecular complexity index is 545. The molecule has 0 spiro atoms. The Hall–Kier alpha value is -1.09. The van der Waals surface area contributed by atoms with Crippen molar-refractivity contribution in [1.82, 2.24) is 10.6 Å². The van der Waals surface area contributed by atoms with E-state index in [1.54, 1.807) is 18.2 Å². The number of hydrogen-bond donors (Lipinski definition) is 3. The van der Waals surface area contributed by atoms with E-state index in [9.17, 15) is 9.50 Å². The number of halogens is 2. The SMILES string of the molecule is CCNC(=NCC(C)Oc1ccccc1F)NCC1CCCC1O.I. The highest BCUT2D eigenvalue weighted by Gasteiger charge is 2.25. The van der Waals surface area contributed by atoms with Crippen LogP contribution in [0, 0.1) is 11.7 Å². The molecule has 0 radical (unpaired) electrons. The fourth-order valence-electron chi connectivity index (χ4n) is 2.84. The van der Waals surface area contributed by atoms with Crippen LogP contribution < -0.4 is 15.4 Å². The molecule has 7 heteroatoms. The molecule has 0 saturated heterocycles. The fourth-order valence-corrected chi connectivity index (χ4v) is 2.84. The molecule has 1 saturated carbocycles. The van der Waals surface area contributed by atoms with Gasteiger partial charge in [0.2, 0.25) is 0 Å². The first-order valence-electron chi connectivity index (χ1n) is 8.71. The lowest BCUT2D eigenvalue weighted by atomic mass is 10.1. The Labute approximate surface area is 166 Å². The normalized spacial score (nSPS) is 21.4. The van der Waals surface area contributed by atoms with Crippen molar-refractivity contribution in [3.8, 4) is 5.75 Å². The maximum absolute atomic E-state index is 13.6. The minimum Gasteiger partial charge on any atom is -0.486 e. The molecule has 2 rings (SSSR count). The Morgan fingerprint density at radius 3 is 2.76 bits per heavy atom.